The lowest BCUT2D eigenvalue weighted by Crippen LogP contribution is -2.36. The predicted molar refractivity (Wildman–Crippen MR) is 191 cm³/mol. The number of aliphatic imine (C=N–C) groups is 1. The van der Waals surface area contributed by atoms with E-state index in [1.165, 1.54) is 36.4 Å². The largest absolute Gasteiger partial charge is 0.388 e. The van der Waals surface area contributed by atoms with Crippen molar-refractivity contribution in [3.8, 4) is 0 Å². The van der Waals surface area contributed by atoms with Crippen molar-refractivity contribution in [2.45, 2.75) is 19.2 Å². The molecule has 0 aliphatic carbocycles. The minimum Gasteiger partial charge on any atom is -0.388 e. The predicted octanol–water partition coefficient (Wildman–Crippen LogP) is 3.50. The summed E-state index contributed by atoms with van der Waals surface area (Å²) in [4.78, 5) is 48.1. The van der Waals surface area contributed by atoms with E-state index in [9.17, 15) is 23.9 Å². The summed E-state index contributed by atoms with van der Waals surface area (Å²) < 4.78 is 32.5. The van der Waals surface area contributed by atoms with Crippen LogP contribution in [0.3, 0.4) is 0 Å². The minimum absolute atomic E-state index is 0.0448. The number of Topliss-reactive ketones (excluding diaryl/α,β-unsaturated/α-hetero) is 1. The van der Waals surface area contributed by atoms with Crippen molar-refractivity contribution >= 4 is 35.0 Å². The number of aliphatic hydroxyl groups excluding tert-OH is 1. The van der Waals surface area contributed by atoms with Crippen LogP contribution in [0, 0.1) is 5.82 Å². The molecule has 0 bridgehead atoms. The van der Waals surface area contributed by atoms with Crippen molar-refractivity contribution in [1.29, 1.82) is 0 Å². The number of amidine groups is 1. The maximum Gasteiger partial charge on any atom is 0.251 e. The molecule has 1 atom stereocenters. The third kappa shape index (κ3) is 10.8. The average Bonchev–Trinajstić information content (AvgIpc) is 3.64. The van der Waals surface area contributed by atoms with E-state index < -0.39 is 30.2 Å². The molecule has 54 heavy (non-hydrogen) atoms. The van der Waals surface area contributed by atoms with Crippen LogP contribution in [0.4, 0.5) is 4.39 Å². The summed E-state index contributed by atoms with van der Waals surface area (Å²) in [7, 11) is 0. The van der Waals surface area contributed by atoms with Gasteiger partial charge in [0.1, 0.15) is 30.0 Å². The molecule has 1 unspecified atom stereocenters. The summed E-state index contributed by atoms with van der Waals surface area (Å²) in [5.74, 6) is -1.81. The van der Waals surface area contributed by atoms with Gasteiger partial charge in [-0.15, -0.1) is 5.10 Å². The zero-order chi connectivity index (χ0) is 38.3. The smallest absolute Gasteiger partial charge is 0.251 e. The number of aromatic nitrogens is 4. The number of halogens is 2. The van der Waals surface area contributed by atoms with Crippen LogP contribution in [0.15, 0.2) is 94.6 Å². The standard InChI is InChI=1S/C35H34ClFN10O7/c36-28-17-25(37)5-6-27(28)32-31(30(49)19-48)29(41-33(42-32)22-7-9-39-10-8-22)21-54-20-26-18-47(46-43-26)12-14-53-16-15-52-13-11-40-34(50)23-1-3-24(4-2-23)35(51)44-45-38/h1-10,17-18,32,48H,11-16,19-21H2,(H,40,50)(H,41,42). The van der Waals surface area contributed by atoms with Crippen molar-refractivity contribution in [3.63, 3.8) is 0 Å². The third-order valence-corrected chi connectivity index (χ3v) is 8.09. The number of rotatable bonds is 19. The maximum atomic E-state index is 13.9. The molecule has 2 aromatic carbocycles. The molecule has 0 spiro atoms. The quantitative estimate of drug-likeness (QED) is 0.0542. The molecule has 5 rings (SSSR count). The van der Waals surface area contributed by atoms with Crippen molar-refractivity contribution in [1.82, 2.24) is 30.6 Å². The van der Waals surface area contributed by atoms with Crippen LogP contribution < -0.4 is 10.6 Å². The molecule has 0 saturated carbocycles. The highest BCUT2D eigenvalue weighted by molar-refractivity contribution is 6.31. The van der Waals surface area contributed by atoms with Gasteiger partial charge in [-0.25, -0.2) is 9.07 Å². The molecule has 17 nitrogen and oxygen atoms in total. The molecule has 2 amide bonds. The van der Waals surface area contributed by atoms with Gasteiger partial charge < -0.3 is 30.0 Å². The molecule has 3 heterocycles. The second-order valence-corrected chi connectivity index (χ2v) is 11.8. The van der Waals surface area contributed by atoms with Gasteiger partial charge in [0.2, 0.25) is 5.91 Å². The number of ketones is 1. The molecular weight excluding hydrogens is 727 g/mol. The van der Waals surface area contributed by atoms with E-state index in [4.69, 9.17) is 36.3 Å². The van der Waals surface area contributed by atoms with Gasteiger partial charge in [0, 0.05) is 56.7 Å². The number of pyridine rings is 1. The van der Waals surface area contributed by atoms with Gasteiger partial charge in [0.25, 0.3) is 5.91 Å². The van der Waals surface area contributed by atoms with Crippen LogP contribution in [0.25, 0.3) is 10.4 Å². The number of azide groups is 1. The van der Waals surface area contributed by atoms with Gasteiger partial charge >= 0.3 is 0 Å². The van der Waals surface area contributed by atoms with Gasteiger partial charge in [0.15, 0.2) is 5.78 Å². The highest BCUT2D eigenvalue weighted by Gasteiger charge is 2.32. The lowest BCUT2D eigenvalue weighted by atomic mass is 9.92. The van der Waals surface area contributed by atoms with Crippen LogP contribution in [0.5, 0.6) is 0 Å². The van der Waals surface area contributed by atoms with E-state index >= 15 is 0 Å². The SMILES string of the molecule is [N-]=[N+]=NC(=O)c1ccc(C(=O)NCCOCCOCCn2cc(COCC3=C(C(=O)CO)C(c4ccc(F)cc4Cl)N=C(c4ccncc4)N3)nn2)cc1. The second kappa shape index (κ2) is 19.8. The average molecular weight is 761 g/mol. The molecule has 0 saturated heterocycles. The van der Waals surface area contributed by atoms with E-state index in [0.29, 0.717) is 60.3 Å². The number of nitrogens with zero attached hydrogens (tertiary/aromatic N) is 8. The van der Waals surface area contributed by atoms with Crippen molar-refractivity contribution in [2.75, 3.05) is 46.2 Å². The van der Waals surface area contributed by atoms with Crippen molar-refractivity contribution in [3.05, 3.63) is 134 Å². The van der Waals surface area contributed by atoms with E-state index in [1.807, 2.05) is 0 Å². The van der Waals surface area contributed by atoms with Gasteiger partial charge in [0.05, 0.1) is 58.1 Å². The Balaban J connectivity index is 1.05. The van der Waals surface area contributed by atoms with Gasteiger partial charge in [-0.2, -0.15) is 0 Å². The van der Waals surface area contributed by atoms with E-state index in [1.54, 1.807) is 35.4 Å². The number of carbonyl (C=O) groups is 3. The Morgan fingerprint density at radius 1 is 1.00 bits per heavy atom. The van der Waals surface area contributed by atoms with Crippen LogP contribution in [0.2, 0.25) is 5.02 Å². The summed E-state index contributed by atoms with van der Waals surface area (Å²) in [6.07, 6.45) is 4.88. The number of hydrogen-bond donors (Lipinski definition) is 3. The molecule has 19 heteroatoms. The molecule has 1 aliphatic heterocycles. The first-order valence-corrected chi connectivity index (χ1v) is 16.8. The third-order valence-electron chi connectivity index (χ3n) is 7.76. The lowest BCUT2D eigenvalue weighted by Gasteiger charge is -2.28. The summed E-state index contributed by atoms with van der Waals surface area (Å²) in [5.41, 5.74) is 10.9. The van der Waals surface area contributed by atoms with Crippen molar-refractivity contribution in [2.24, 2.45) is 10.1 Å². The Bertz CT molecular complexity index is 2050. The number of ether oxygens (including phenoxy) is 3. The normalized spacial score (nSPS) is 13.8. The number of carbonyl (C=O) groups excluding carboxylic acids is 3. The lowest BCUT2D eigenvalue weighted by molar-refractivity contribution is -0.118. The molecular formula is C35H34ClFN10O7. The highest BCUT2D eigenvalue weighted by Crippen LogP contribution is 2.36. The van der Waals surface area contributed by atoms with Crippen LogP contribution in [-0.2, 0) is 32.2 Å². The topological polar surface area (TPSA) is 228 Å². The fourth-order valence-corrected chi connectivity index (χ4v) is 5.45. The van der Waals surface area contributed by atoms with Crippen LogP contribution in [-0.4, -0.2) is 94.7 Å². The molecule has 1 aliphatic rings. The fourth-order valence-electron chi connectivity index (χ4n) is 5.18. The Kier molecular flexibility index (Phi) is 14.4. The highest BCUT2D eigenvalue weighted by atomic mass is 35.5. The summed E-state index contributed by atoms with van der Waals surface area (Å²) in [6, 6.07) is 12.1. The number of hydrogen-bond acceptors (Lipinski definition) is 12. The van der Waals surface area contributed by atoms with Gasteiger partial charge in [-0.1, -0.05) is 35.0 Å². The Hall–Kier alpha value is -5.88. The number of aliphatic hydroxyl groups is 1. The fraction of sp³-hybridized carbons (Fsp3) is 0.286. The van der Waals surface area contributed by atoms with Gasteiger partial charge in [-0.05, 0) is 47.0 Å². The first-order valence-electron chi connectivity index (χ1n) is 16.4. The minimum atomic E-state index is -0.949. The van der Waals surface area contributed by atoms with E-state index in [-0.39, 0.29) is 48.4 Å². The van der Waals surface area contributed by atoms with Crippen LogP contribution in [0.1, 0.15) is 43.6 Å². The van der Waals surface area contributed by atoms with E-state index in [2.05, 4.69) is 36.0 Å². The van der Waals surface area contributed by atoms with Gasteiger partial charge in [-0.3, -0.25) is 24.4 Å². The van der Waals surface area contributed by atoms with Crippen LogP contribution >= 0.6 is 11.6 Å². The van der Waals surface area contributed by atoms with E-state index in [0.717, 1.165) is 6.07 Å². The zero-order valence-corrected chi connectivity index (χ0v) is 29.4. The number of nitrogens with one attached hydrogen (secondary N) is 2. The molecule has 0 radical (unpaired) electrons. The monoisotopic (exact) mass is 760 g/mol. The second-order valence-electron chi connectivity index (χ2n) is 11.4. The molecule has 2 aromatic heterocycles. The number of benzene rings is 2. The Morgan fingerprint density at radius 2 is 1.74 bits per heavy atom. The first-order chi connectivity index (χ1) is 26.3. The number of amides is 2. The molecule has 0 fully saturated rings. The Labute approximate surface area is 312 Å². The Morgan fingerprint density at radius 3 is 2.46 bits per heavy atom. The van der Waals surface area contributed by atoms with Crippen molar-refractivity contribution < 1.29 is 38.1 Å². The first kappa shape index (κ1) is 39.3. The summed E-state index contributed by atoms with van der Waals surface area (Å²) in [6.45, 7) is 1.03. The molecule has 3 N–H and O–H groups in total. The summed E-state index contributed by atoms with van der Waals surface area (Å²) >= 11 is 6.40. The maximum absolute atomic E-state index is 13.9. The molecule has 4 aromatic rings. The molecule has 280 valence electrons. The zero-order valence-electron chi connectivity index (χ0n) is 28.6. The summed E-state index contributed by atoms with van der Waals surface area (Å²) in [5, 5.41) is 27.0.